The number of aromatic hydroxyl groups is 1. The van der Waals surface area contributed by atoms with Crippen molar-refractivity contribution in [1.82, 2.24) is 4.90 Å². The van der Waals surface area contributed by atoms with Crippen molar-refractivity contribution < 1.29 is 9.90 Å². The third kappa shape index (κ3) is 2.98. The number of hydrogen-bond acceptors (Lipinski definition) is 3. The van der Waals surface area contributed by atoms with Crippen LogP contribution >= 0.6 is 27.3 Å². The number of halogens is 1. The Bertz CT molecular complexity index is 597. The minimum Gasteiger partial charge on any atom is -0.508 e. The molecule has 0 bridgehead atoms. The first-order valence-corrected chi connectivity index (χ1v) is 7.42. The predicted molar refractivity (Wildman–Crippen MR) is 80.6 cm³/mol. The van der Waals surface area contributed by atoms with E-state index in [4.69, 9.17) is 0 Å². The van der Waals surface area contributed by atoms with E-state index in [2.05, 4.69) is 15.9 Å². The molecule has 1 aromatic carbocycles. The van der Waals surface area contributed by atoms with Crippen molar-refractivity contribution in [2.45, 2.75) is 13.0 Å². The van der Waals surface area contributed by atoms with Crippen LogP contribution in [-0.4, -0.2) is 23.0 Å². The molecule has 0 aliphatic rings. The summed E-state index contributed by atoms with van der Waals surface area (Å²) in [5.41, 5.74) is 0.744. The van der Waals surface area contributed by atoms with Crippen LogP contribution in [0.3, 0.4) is 0 Å². The molecule has 1 unspecified atom stereocenters. The number of carbonyl (C=O) groups excluding carboxylic acids is 1. The molecule has 2 aromatic rings. The van der Waals surface area contributed by atoms with Gasteiger partial charge in [0.05, 0.1) is 14.7 Å². The molecular formula is C14H14BrNO2S. The Balaban J connectivity index is 2.22. The van der Waals surface area contributed by atoms with Gasteiger partial charge in [-0.15, -0.1) is 11.3 Å². The molecule has 2 rings (SSSR count). The van der Waals surface area contributed by atoms with Gasteiger partial charge < -0.3 is 10.0 Å². The fraction of sp³-hybridized carbons (Fsp3) is 0.214. The number of nitrogens with zero attached hydrogens (tertiary/aromatic N) is 1. The maximum Gasteiger partial charge on any atom is 0.264 e. The number of para-hydroxylation sites is 1. The maximum atomic E-state index is 12.3. The zero-order chi connectivity index (χ0) is 14.0. The van der Waals surface area contributed by atoms with Crippen LogP contribution in [0.15, 0.2) is 40.2 Å². The topological polar surface area (TPSA) is 40.5 Å². The zero-order valence-electron chi connectivity index (χ0n) is 10.6. The fourth-order valence-corrected chi connectivity index (χ4v) is 3.20. The average molecular weight is 340 g/mol. The highest BCUT2D eigenvalue weighted by molar-refractivity contribution is 9.11. The summed E-state index contributed by atoms with van der Waals surface area (Å²) >= 11 is 4.75. The summed E-state index contributed by atoms with van der Waals surface area (Å²) in [6.45, 7) is 1.90. The summed E-state index contributed by atoms with van der Waals surface area (Å²) in [4.78, 5) is 14.6. The van der Waals surface area contributed by atoms with E-state index < -0.39 is 0 Å². The van der Waals surface area contributed by atoms with Gasteiger partial charge in [-0.1, -0.05) is 18.2 Å². The average Bonchev–Trinajstić information content (AvgIpc) is 2.83. The van der Waals surface area contributed by atoms with Crippen LogP contribution in [0.25, 0.3) is 0 Å². The van der Waals surface area contributed by atoms with Gasteiger partial charge in [-0.3, -0.25) is 4.79 Å². The van der Waals surface area contributed by atoms with Gasteiger partial charge in [0, 0.05) is 12.6 Å². The van der Waals surface area contributed by atoms with Crippen molar-refractivity contribution in [3.05, 3.63) is 50.6 Å². The van der Waals surface area contributed by atoms with Gasteiger partial charge in [-0.2, -0.15) is 0 Å². The van der Waals surface area contributed by atoms with Crippen molar-refractivity contribution in [3.63, 3.8) is 0 Å². The molecule has 0 aliphatic carbocycles. The second-order valence-electron chi connectivity index (χ2n) is 4.25. The lowest BCUT2D eigenvalue weighted by atomic mass is 10.1. The molecule has 19 heavy (non-hydrogen) atoms. The minimum atomic E-state index is -0.186. The lowest BCUT2D eigenvalue weighted by Crippen LogP contribution is -2.29. The van der Waals surface area contributed by atoms with E-state index in [1.807, 2.05) is 25.1 Å². The van der Waals surface area contributed by atoms with E-state index in [0.29, 0.717) is 4.88 Å². The van der Waals surface area contributed by atoms with E-state index in [9.17, 15) is 9.90 Å². The molecule has 0 saturated heterocycles. The zero-order valence-corrected chi connectivity index (χ0v) is 13.0. The monoisotopic (exact) mass is 339 g/mol. The summed E-state index contributed by atoms with van der Waals surface area (Å²) in [6.07, 6.45) is 0. The molecule has 1 N–H and O–H groups in total. The molecule has 1 atom stereocenters. The van der Waals surface area contributed by atoms with Crippen molar-refractivity contribution in [2.75, 3.05) is 7.05 Å². The van der Waals surface area contributed by atoms with Crippen LogP contribution in [0.5, 0.6) is 5.75 Å². The van der Waals surface area contributed by atoms with E-state index in [1.165, 1.54) is 11.3 Å². The van der Waals surface area contributed by atoms with Crippen LogP contribution in [-0.2, 0) is 0 Å². The summed E-state index contributed by atoms with van der Waals surface area (Å²) in [5, 5.41) is 9.84. The van der Waals surface area contributed by atoms with Gasteiger partial charge >= 0.3 is 0 Å². The summed E-state index contributed by atoms with van der Waals surface area (Å²) in [5.74, 6) is 0.161. The lowest BCUT2D eigenvalue weighted by Gasteiger charge is -2.25. The Morgan fingerprint density at radius 3 is 2.58 bits per heavy atom. The first kappa shape index (κ1) is 14.1. The Morgan fingerprint density at radius 1 is 1.32 bits per heavy atom. The van der Waals surface area contributed by atoms with Crippen molar-refractivity contribution >= 4 is 33.2 Å². The third-order valence-electron chi connectivity index (χ3n) is 3.07. The predicted octanol–water partition coefficient (Wildman–Crippen LogP) is 4.05. The lowest BCUT2D eigenvalue weighted by molar-refractivity contribution is 0.0746. The molecular weight excluding hydrogens is 326 g/mol. The van der Waals surface area contributed by atoms with Crippen molar-refractivity contribution in [1.29, 1.82) is 0 Å². The molecule has 3 nitrogen and oxygen atoms in total. The standard InChI is InChI=1S/C14H14BrNO2S/c1-9(10-5-3-4-6-11(10)17)16(2)14(18)12-7-8-13(15)19-12/h3-9,17H,1-2H3. The van der Waals surface area contributed by atoms with E-state index in [0.717, 1.165) is 9.35 Å². The molecule has 100 valence electrons. The number of thiophene rings is 1. The highest BCUT2D eigenvalue weighted by Crippen LogP contribution is 2.30. The van der Waals surface area contributed by atoms with Crippen molar-refractivity contribution in [2.24, 2.45) is 0 Å². The van der Waals surface area contributed by atoms with E-state index in [1.54, 1.807) is 30.1 Å². The molecule has 0 spiro atoms. The Morgan fingerprint density at radius 2 is 2.00 bits per heavy atom. The first-order valence-electron chi connectivity index (χ1n) is 5.81. The Labute approximate surface area is 124 Å². The molecule has 1 amide bonds. The summed E-state index contributed by atoms with van der Waals surface area (Å²) in [7, 11) is 1.74. The second-order valence-corrected chi connectivity index (χ2v) is 6.72. The molecule has 0 aliphatic heterocycles. The largest absolute Gasteiger partial charge is 0.508 e. The van der Waals surface area contributed by atoms with E-state index in [-0.39, 0.29) is 17.7 Å². The van der Waals surface area contributed by atoms with Gasteiger partial charge in [0.25, 0.3) is 5.91 Å². The van der Waals surface area contributed by atoms with Crippen LogP contribution < -0.4 is 0 Å². The SMILES string of the molecule is CC(c1ccccc1O)N(C)C(=O)c1ccc(Br)s1. The summed E-state index contributed by atoms with van der Waals surface area (Å²) < 4.78 is 0.930. The Hall–Kier alpha value is -1.33. The number of rotatable bonds is 3. The molecule has 1 aromatic heterocycles. The number of carbonyl (C=O) groups is 1. The number of benzene rings is 1. The summed E-state index contributed by atoms with van der Waals surface area (Å²) in [6, 6.07) is 10.5. The van der Waals surface area contributed by atoms with E-state index >= 15 is 0 Å². The molecule has 1 heterocycles. The third-order valence-corrected chi connectivity index (χ3v) is 4.68. The van der Waals surface area contributed by atoms with Crippen LogP contribution in [0.2, 0.25) is 0 Å². The highest BCUT2D eigenvalue weighted by atomic mass is 79.9. The molecule has 5 heteroatoms. The number of phenols is 1. The van der Waals surface area contributed by atoms with Gasteiger partial charge in [0.2, 0.25) is 0 Å². The fourth-order valence-electron chi connectivity index (χ4n) is 1.83. The quantitative estimate of drug-likeness (QED) is 0.916. The second kappa shape index (κ2) is 5.75. The van der Waals surface area contributed by atoms with Crippen LogP contribution in [0.1, 0.15) is 28.2 Å². The normalized spacial score (nSPS) is 12.2. The number of phenolic OH excluding ortho intramolecular Hbond substituents is 1. The minimum absolute atomic E-state index is 0.0496. The van der Waals surface area contributed by atoms with Gasteiger partial charge in [-0.05, 0) is 41.1 Å². The molecule has 0 saturated carbocycles. The highest BCUT2D eigenvalue weighted by Gasteiger charge is 2.21. The first-order chi connectivity index (χ1) is 9.00. The number of amides is 1. The maximum absolute atomic E-state index is 12.3. The van der Waals surface area contributed by atoms with Gasteiger partial charge in [-0.25, -0.2) is 0 Å². The molecule has 0 radical (unpaired) electrons. The Kier molecular flexibility index (Phi) is 4.27. The van der Waals surface area contributed by atoms with Gasteiger partial charge in [0.1, 0.15) is 5.75 Å². The van der Waals surface area contributed by atoms with Crippen LogP contribution in [0.4, 0.5) is 0 Å². The number of hydrogen-bond donors (Lipinski definition) is 1. The molecule has 0 fully saturated rings. The van der Waals surface area contributed by atoms with Gasteiger partial charge in [0.15, 0.2) is 0 Å². The van der Waals surface area contributed by atoms with Crippen LogP contribution in [0, 0.1) is 0 Å². The van der Waals surface area contributed by atoms with Crippen molar-refractivity contribution in [3.8, 4) is 5.75 Å². The smallest absolute Gasteiger partial charge is 0.264 e.